The molecular formula is C16H16N2O2. The Morgan fingerprint density at radius 3 is 2.70 bits per heavy atom. The lowest BCUT2D eigenvalue weighted by atomic mass is 10.1. The number of para-hydroxylation sites is 1. The number of fused-ring (bicyclic) bond motifs is 1. The van der Waals surface area contributed by atoms with E-state index in [1.165, 1.54) is 5.56 Å². The maximum Gasteiger partial charge on any atom is 0.141 e. The maximum absolute atomic E-state index is 9.93. The first-order valence-corrected chi connectivity index (χ1v) is 6.53. The van der Waals surface area contributed by atoms with Crippen molar-refractivity contribution >= 4 is 11.0 Å². The lowest BCUT2D eigenvalue weighted by molar-refractivity contribution is 0.414. The Labute approximate surface area is 117 Å². The van der Waals surface area contributed by atoms with Crippen LogP contribution in [0.4, 0.5) is 0 Å². The summed E-state index contributed by atoms with van der Waals surface area (Å²) in [7, 11) is 1.66. The van der Waals surface area contributed by atoms with E-state index in [0.29, 0.717) is 0 Å². The van der Waals surface area contributed by atoms with Gasteiger partial charge in [-0.3, -0.25) is 0 Å². The molecule has 0 saturated heterocycles. The summed E-state index contributed by atoms with van der Waals surface area (Å²) in [5, 5.41) is 9.93. The molecule has 0 amide bonds. The van der Waals surface area contributed by atoms with Gasteiger partial charge >= 0.3 is 0 Å². The average molecular weight is 268 g/mol. The number of phenolic OH excluding ortho intramolecular Hbond substituents is 1. The lowest BCUT2D eigenvalue weighted by Crippen LogP contribution is -2.00. The Morgan fingerprint density at radius 2 is 1.95 bits per heavy atom. The van der Waals surface area contributed by atoms with Crippen molar-refractivity contribution in [3.05, 3.63) is 54.4 Å². The van der Waals surface area contributed by atoms with Gasteiger partial charge in [-0.1, -0.05) is 18.2 Å². The number of ether oxygens (including phenoxy) is 1. The van der Waals surface area contributed by atoms with Gasteiger partial charge < -0.3 is 14.4 Å². The van der Waals surface area contributed by atoms with Gasteiger partial charge in [0.15, 0.2) is 0 Å². The predicted octanol–water partition coefficient (Wildman–Crippen LogP) is 2.99. The highest BCUT2D eigenvalue weighted by atomic mass is 16.5. The summed E-state index contributed by atoms with van der Waals surface area (Å²) in [6.07, 6.45) is 2.65. The van der Waals surface area contributed by atoms with E-state index in [4.69, 9.17) is 4.74 Å². The van der Waals surface area contributed by atoms with Crippen molar-refractivity contribution in [3.8, 4) is 11.5 Å². The van der Waals surface area contributed by atoms with Crippen LogP contribution in [0.2, 0.25) is 0 Å². The van der Waals surface area contributed by atoms with Crippen LogP contribution in [0.3, 0.4) is 0 Å². The summed E-state index contributed by atoms with van der Waals surface area (Å²) in [6.45, 7) is 0.778. The van der Waals surface area contributed by atoms with Crippen LogP contribution >= 0.6 is 0 Å². The maximum atomic E-state index is 9.93. The van der Waals surface area contributed by atoms with Crippen LogP contribution in [0.1, 0.15) is 5.56 Å². The van der Waals surface area contributed by atoms with Gasteiger partial charge in [0.2, 0.25) is 0 Å². The number of phenols is 1. The van der Waals surface area contributed by atoms with E-state index in [9.17, 15) is 5.11 Å². The van der Waals surface area contributed by atoms with E-state index < -0.39 is 0 Å². The molecule has 1 heterocycles. The fourth-order valence-electron chi connectivity index (χ4n) is 2.32. The minimum atomic E-state index is 0.273. The summed E-state index contributed by atoms with van der Waals surface area (Å²) in [6, 6.07) is 13.4. The summed E-state index contributed by atoms with van der Waals surface area (Å²) in [4.78, 5) is 4.30. The molecule has 20 heavy (non-hydrogen) atoms. The van der Waals surface area contributed by atoms with Gasteiger partial charge in [-0.15, -0.1) is 0 Å². The third-order valence-electron chi connectivity index (χ3n) is 3.42. The first-order chi connectivity index (χ1) is 9.78. The van der Waals surface area contributed by atoms with E-state index in [2.05, 4.69) is 17.1 Å². The van der Waals surface area contributed by atoms with E-state index in [1.807, 2.05) is 22.8 Å². The van der Waals surface area contributed by atoms with E-state index >= 15 is 0 Å². The minimum absolute atomic E-state index is 0.273. The molecular weight excluding hydrogens is 252 g/mol. The normalized spacial score (nSPS) is 10.8. The van der Waals surface area contributed by atoms with Crippen molar-refractivity contribution in [3.63, 3.8) is 0 Å². The fourth-order valence-corrected chi connectivity index (χ4v) is 2.32. The SMILES string of the molecule is COc1ccc(CCn2cnc3cccc(O)c32)cc1. The minimum Gasteiger partial charge on any atom is -0.506 e. The first-order valence-electron chi connectivity index (χ1n) is 6.53. The fraction of sp³-hybridized carbons (Fsp3) is 0.188. The molecule has 0 atom stereocenters. The third-order valence-corrected chi connectivity index (χ3v) is 3.42. The number of aryl methyl sites for hydroxylation is 2. The predicted molar refractivity (Wildman–Crippen MR) is 78.1 cm³/mol. The molecule has 1 N–H and O–H groups in total. The molecule has 2 aromatic carbocycles. The van der Waals surface area contributed by atoms with Gasteiger partial charge in [0.25, 0.3) is 0 Å². The number of imidazole rings is 1. The smallest absolute Gasteiger partial charge is 0.141 e. The number of aromatic nitrogens is 2. The van der Waals surface area contributed by atoms with Crippen molar-refractivity contribution < 1.29 is 9.84 Å². The topological polar surface area (TPSA) is 47.3 Å². The quantitative estimate of drug-likeness (QED) is 0.791. The second kappa shape index (κ2) is 5.25. The van der Waals surface area contributed by atoms with Crippen LogP contribution in [0.25, 0.3) is 11.0 Å². The van der Waals surface area contributed by atoms with Crippen LogP contribution in [0.15, 0.2) is 48.8 Å². The standard InChI is InChI=1S/C16H16N2O2/c1-20-13-7-5-12(6-8-13)9-10-18-11-17-14-3-2-4-15(19)16(14)18/h2-8,11,19H,9-10H2,1H3. The van der Waals surface area contributed by atoms with Gasteiger partial charge in [0.1, 0.15) is 17.0 Å². The summed E-state index contributed by atoms with van der Waals surface area (Å²) >= 11 is 0. The molecule has 0 aliphatic rings. The number of rotatable bonds is 4. The third kappa shape index (κ3) is 2.32. The number of hydrogen-bond acceptors (Lipinski definition) is 3. The summed E-state index contributed by atoms with van der Waals surface area (Å²) < 4.78 is 7.13. The molecule has 0 bridgehead atoms. The molecule has 3 aromatic rings. The number of benzene rings is 2. The Bertz CT molecular complexity index is 717. The second-order valence-corrected chi connectivity index (χ2v) is 4.68. The van der Waals surface area contributed by atoms with Crippen molar-refractivity contribution in [2.75, 3.05) is 7.11 Å². The van der Waals surface area contributed by atoms with Crippen molar-refractivity contribution in [2.24, 2.45) is 0 Å². The van der Waals surface area contributed by atoms with Crippen LogP contribution in [-0.2, 0) is 13.0 Å². The second-order valence-electron chi connectivity index (χ2n) is 4.68. The zero-order valence-corrected chi connectivity index (χ0v) is 11.3. The number of hydrogen-bond donors (Lipinski definition) is 1. The largest absolute Gasteiger partial charge is 0.506 e. The molecule has 3 rings (SSSR count). The number of nitrogens with zero attached hydrogens (tertiary/aromatic N) is 2. The van der Waals surface area contributed by atoms with E-state index in [-0.39, 0.29) is 5.75 Å². The van der Waals surface area contributed by atoms with Crippen LogP contribution in [0, 0.1) is 0 Å². The highest BCUT2D eigenvalue weighted by Crippen LogP contribution is 2.23. The summed E-state index contributed by atoms with van der Waals surface area (Å²) in [5.74, 6) is 1.13. The highest BCUT2D eigenvalue weighted by molar-refractivity contribution is 5.81. The zero-order valence-electron chi connectivity index (χ0n) is 11.3. The van der Waals surface area contributed by atoms with Crippen molar-refractivity contribution in [1.82, 2.24) is 9.55 Å². The lowest BCUT2D eigenvalue weighted by Gasteiger charge is -2.06. The molecule has 0 aliphatic carbocycles. The Morgan fingerprint density at radius 1 is 1.15 bits per heavy atom. The monoisotopic (exact) mass is 268 g/mol. The van der Waals surface area contributed by atoms with Crippen LogP contribution < -0.4 is 4.74 Å². The number of aromatic hydroxyl groups is 1. The van der Waals surface area contributed by atoms with Gasteiger partial charge in [-0.2, -0.15) is 0 Å². The van der Waals surface area contributed by atoms with Gasteiger partial charge in [0, 0.05) is 6.54 Å². The van der Waals surface area contributed by atoms with Crippen LogP contribution in [-0.4, -0.2) is 21.8 Å². The summed E-state index contributed by atoms with van der Waals surface area (Å²) in [5.41, 5.74) is 2.84. The average Bonchev–Trinajstić information content (AvgIpc) is 2.90. The van der Waals surface area contributed by atoms with Crippen molar-refractivity contribution in [1.29, 1.82) is 0 Å². The first kappa shape index (κ1) is 12.5. The molecule has 4 heteroatoms. The number of methoxy groups -OCH3 is 1. The molecule has 0 saturated carbocycles. The zero-order chi connectivity index (χ0) is 13.9. The Balaban J connectivity index is 1.79. The molecule has 1 aromatic heterocycles. The van der Waals surface area contributed by atoms with Gasteiger partial charge in [-0.05, 0) is 36.2 Å². The Hall–Kier alpha value is -2.49. The van der Waals surface area contributed by atoms with Gasteiger partial charge in [0.05, 0.1) is 19.0 Å². The van der Waals surface area contributed by atoms with E-state index in [1.54, 1.807) is 25.6 Å². The molecule has 102 valence electrons. The molecule has 0 radical (unpaired) electrons. The van der Waals surface area contributed by atoms with E-state index in [0.717, 1.165) is 29.7 Å². The van der Waals surface area contributed by atoms with Gasteiger partial charge in [-0.25, -0.2) is 4.98 Å². The van der Waals surface area contributed by atoms with Crippen LogP contribution in [0.5, 0.6) is 11.5 Å². The molecule has 0 spiro atoms. The molecule has 0 unspecified atom stereocenters. The molecule has 0 aliphatic heterocycles. The van der Waals surface area contributed by atoms with Crippen molar-refractivity contribution in [2.45, 2.75) is 13.0 Å². The Kier molecular flexibility index (Phi) is 3.29. The molecule has 4 nitrogen and oxygen atoms in total. The molecule has 0 fully saturated rings. The highest BCUT2D eigenvalue weighted by Gasteiger charge is 2.06.